The van der Waals surface area contributed by atoms with Gasteiger partial charge in [-0.2, -0.15) is 0 Å². The second kappa shape index (κ2) is 12.8. The Balaban J connectivity index is 0.000000300. The van der Waals surface area contributed by atoms with Gasteiger partial charge in [-0.15, -0.1) is 23.2 Å². The average molecular weight is 473 g/mol. The molecule has 168 valence electrons. The molecule has 10 heteroatoms. The molecule has 0 aliphatic heterocycles. The molecule has 0 bridgehead atoms. The third kappa shape index (κ3) is 7.83. The number of hydrogen-bond acceptors (Lipinski definition) is 4. The summed E-state index contributed by atoms with van der Waals surface area (Å²) in [6.45, 7) is 0. The summed E-state index contributed by atoms with van der Waals surface area (Å²) in [7, 11) is 2.51. The van der Waals surface area contributed by atoms with Crippen LogP contribution in [0.3, 0.4) is 0 Å². The number of halogens is 6. The summed E-state index contributed by atoms with van der Waals surface area (Å²) in [5.41, 5.74) is 0.169. The van der Waals surface area contributed by atoms with E-state index in [1.165, 1.54) is 14.2 Å². The van der Waals surface area contributed by atoms with E-state index in [-0.39, 0.29) is 47.2 Å². The van der Waals surface area contributed by atoms with Gasteiger partial charge < -0.3 is 19.7 Å². The molecule has 0 fully saturated rings. The third-order valence-corrected chi connectivity index (χ3v) is 4.62. The summed E-state index contributed by atoms with van der Waals surface area (Å²) in [5, 5.41) is 18.4. The maximum Gasteiger partial charge on any atom is 0.165 e. The molecule has 0 spiro atoms. The average Bonchev–Trinajstić information content (AvgIpc) is 2.72. The number of hydrogen-bond donors (Lipinski definition) is 2. The van der Waals surface area contributed by atoms with Gasteiger partial charge in [0.05, 0.1) is 26.4 Å². The number of methoxy groups -OCH3 is 2. The van der Waals surface area contributed by atoms with Crippen LogP contribution in [0.1, 0.15) is 11.1 Å². The van der Waals surface area contributed by atoms with E-state index in [1.807, 2.05) is 0 Å². The number of benzene rings is 2. The van der Waals surface area contributed by atoms with E-state index in [2.05, 4.69) is 9.47 Å². The lowest BCUT2D eigenvalue weighted by molar-refractivity contribution is 0.196. The van der Waals surface area contributed by atoms with Crippen LogP contribution >= 0.6 is 23.2 Å². The van der Waals surface area contributed by atoms with Gasteiger partial charge in [0.1, 0.15) is 11.6 Å². The Kier molecular flexibility index (Phi) is 11.3. The molecule has 30 heavy (non-hydrogen) atoms. The third-order valence-electron chi connectivity index (χ3n) is 3.91. The molecule has 0 saturated carbocycles. The lowest BCUT2D eigenvalue weighted by Crippen LogP contribution is -2.13. The molecule has 0 heterocycles. The monoisotopic (exact) mass is 472 g/mol. The van der Waals surface area contributed by atoms with E-state index >= 15 is 0 Å². The first kappa shape index (κ1) is 26.3. The van der Waals surface area contributed by atoms with Gasteiger partial charge >= 0.3 is 0 Å². The van der Waals surface area contributed by atoms with Crippen LogP contribution in [-0.2, 0) is 12.8 Å². The number of rotatable bonds is 8. The minimum atomic E-state index is -0.881. The van der Waals surface area contributed by atoms with Gasteiger partial charge in [0, 0.05) is 36.7 Å². The second-order valence-corrected chi connectivity index (χ2v) is 6.80. The van der Waals surface area contributed by atoms with Gasteiger partial charge in [-0.25, -0.2) is 17.6 Å². The molecular weight excluding hydrogens is 451 g/mol. The molecule has 0 aromatic heterocycles. The van der Waals surface area contributed by atoms with E-state index in [9.17, 15) is 27.8 Å². The molecule has 2 N–H and O–H groups in total. The molecule has 4 nitrogen and oxygen atoms in total. The zero-order valence-corrected chi connectivity index (χ0v) is 17.8. The number of ether oxygens (including phenoxy) is 2. The first-order valence-corrected chi connectivity index (χ1v) is 9.75. The summed E-state index contributed by atoms with van der Waals surface area (Å²) < 4.78 is 62.2. The van der Waals surface area contributed by atoms with Crippen LogP contribution in [0.2, 0.25) is 0 Å². The van der Waals surface area contributed by atoms with Crippen molar-refractivity contribution in [3.63, 3.8) is 0 Å². The van der Waals surface area contributed by atoms with Gasteiger partial charge in [-0.05, 0) is 23.3 Å². The van der Waals surface area contributed by atoms with Crippen LogP contribution in [0.4, 0.5) is 17.6 Å². The minimum absolute atomic E-state index is 0.0176. The minimum Gasteiger partial charge on any atom is -0.494 e. The normalized spacial score (nSPS) is 12.6. The molecule has 2 aromatic carbocycles. The van der Waals surface area contributed by atoms with E-state index in [4.69, 9.17) is 23.2 Å². The highest BCUT2D eigenvalue weighted by molar-refractivity contribution is 6.18. The largest absolute Gasteiger partial charge is 0.494 e. The van der Waals surface area contributed by atoms with Crippen molar-refractivity contribution >= 4 is 23.2 Å². The lowest BCUT2D eigenvalue weighted by atomic mass is 10.1. The van der Waals surface area contributed by atoms with Crippen LogP contribution in [0, 0.1) is 23.3 Å². The molecule has 0 amide bonds. The van der Waals surface area contributed by atoms with Crippen molar-refractivity contribution in [1.29, 1.82) is 0 Å². The van der Waals surface area contributed by atoms with Gasteiger partial charge in [0.2, 0.25) is 0 Å². The molecule has 0 saturated heterocycles. The van der Waals surface area contributed by atoms with Gasteiger partial charge in [-0.3, -0.25) is 0 Å². The maximum atomic E-state index is 13.3. The fourth-order valence-corrected chi connectivity index (χ4v) is 2.60. The van der Waals surface area contributed by atoms with Crippen molar-refractivity contribution in [2.24, 2.45) is 0 Å². The molecule has 0 unspecified atom stereocenters. The van der Waals surface area contributed by atoms with E-state index in [0.29, 0.717) is 0 Å². The zero-order chi connectivity index (χ0) is 22.8. The van der Waals surface area contributed by atoms with Gasteiger partial charge in [-0.1, -0.05) is 0 Å². The van der Waals surface area contributed by atoms with Crippen molar-refractivity contribution in [2.75, 3.05) is 26.0 Å². The fourth-order valence-electron chi connectivity index (χ4n) is 2.38. The number of aliphatic hydroxyl groups excluding tert-OH is 2. The van der Waals surface area contributed by atoms with Gasteiger partial charge in [0.15, 0.2) is 23.1 Å². The molecule has 0 aliphatic carbocycles. The van der Waals surface area contributed by atoms with Crippen molar-refractivity contribution < 1.29 is 37.2 Å². The van der Waals surface area contributed by atoms with Crippen LogP contribution < -0.4 is 9.47 Å². The highest BCUT2D eigenvalue weighted by Gasteiger charge is 2.14. The van der Waals surface area contributed by atoms with Crippen molar-refractivity contribution in [1.82, 2.24) is 0 Å². The Morgan fingerprint density at radius 2 is 1.03 bits per heavy atom. The fraction of sp³-hybridized carbons (Fsp3) is 0.400. The summed E-state index contributed by atoms with van der Waals surface area (Å²) in [6.07, 6.45) is -1.80. The predicted octanol–water partition coefficient (Wildman–Crippen LogP) is 4.23. The molecule has 2 rings (SSSR count). The Hall–Kier alpha value is -1.74. The SMILES string of the molecule is COc1cc(F)c(C[C@@H](O)CCl)cc1F.COc1cc(F)c(C[C@@H](O)CCl)cc1F. The van der Waals surface area contributed by atoms with E-state index in [1.54, 1.807) is 0 Å². The van der Waals surface area contributed by atoms with Crippen LogP contribution in [0.5, 0.6) is 11.5 Å². The Morgan fingerprint density at radius 3 is 1.30 bits per heavy atom. The first-order valence-electron chi connectivity index (χ1n) is 8.68. The molecule has 0 aliphatic rings. The first-order chi connectivity index (χ1) is 14.2. The standard InChI is InChI=1S/2C10H11ClF2O2/c2*1-15-10-4-8(12)6(3-9(10)13)2-7(14)5-11/h2*3-4,7,14H,2,5H2,1H3/t2*7-/m11/s1. The number of alkyl halides is 2. The van der Waals surface area contributed by atoms with E-state index < -0.39 is 35.5 Å². The summed E-state index contributed by atoms with van der Waals surface area (Å²) in [4.78, 5) is 0. The van der Waals surface area contributed by atoms with Crippen LogP contribution in [0.15, 0.2) is 24.3 Å². The Labute approximate surface area is 181 Å². The quantitative estimate of drug-likeness (QED) is 0.445. The van der Waals surface area contributed by atoms with Crippen LogP contribution in [0.25, 0.3) is 0 Å². The van der Waals surface area contributed by atoms with Crippen molar-refractivity contribution in [3.8, 4) is 11.5 Å². The lowest BCUT2D eigenvalue weighted by Gasteiger charge is -2.09. The topological polar surface area (TPSA) is 58.9 Å². The molecule has 0 radical (unpaired) electrons. The summed E-state index contributed by atoms with van der Waals surface area (Å²) >= 11 is 10.7. The van der Waals surface area contributed by atoms with Gasteiger partial charge in [0.25, 0.3) is 0 Å². The molecule has 2 aromatic rings. The predicted molar refractivity (Wildman–Crippen MR) is 107 cm³/mol. The maximum absolute atomic E-state index is 13.3. The summed E-state index contributed by atoms with van der Waals surface area (Å²) in [5.74, 6) is -2.89. The Bertz CT molecular complexity index is 756. The molecule has 2 atom stereocenters. The second-order valence-electron chi connectivity index (χ2n) is 6.18. The van der Waals surface area contributed by atoms with Crippen molar-refractivity contribution in [3.05, 3.63) is 58.7 Å². The highest BCUT2D eigenvalue weighted by Crippen LogP contribution is 2.23. The Morgan fingerprint density at radius 1 is 0.700 bits per heavy atom. The molecular formula is C20H22Cl2F4O4. The van der Waals surface area contributed by atoms with Crippen LogP contribution in [-0.4, -0.2) is 48.4 Å². The summed E-state index contributed by atoms with van der Waals surface area (Å²) in [6, 6.07) is 3.91. The number of aliphatic hydroxyl groups is 2. The van der Waals surface area contributed by atoms with E-state index in [0.717, 1.165) is 24.3 Å². The smallest absolute Gasteiger partial charge is 0.165 e. The van der Waals surface area contributed by atoms with Crippen molar-refractivity contribution in [2.45, 2.75) is 25.0 Å². The highest BCUT2D eigenvalue weighted by atomic mass is 35.5. The zero-order valence-electron chi connectivity index (χ0n) is 16.3.